The normalized spacial score (nSPS) is 10.7. The zero-order valence-electron chi connectivity index (χ0n) is 17.8. The Hall–Kier alpha value is -4.12. The maximum Gasteiger partial charge on any atom is 0.323 e. The van der Waals surface area contributed by atoms with E-state index >= 15 is 0 Å². The maximum atomic E-state index is 12.8. The topological polar surface area (TPSA) is 62.5 Å². The van der Waals surface area contributed by atoms with E-state index in [-0.39, 0.29) is 12.5 Å². The average molecular weight is 425 g/mol. The summed E-state index contributed by atoms with van der Waals surface area (Å²) in [5.74, 6) is -0.972. The van der Waals surface area contributed by atoms with E-state index in [0.717, 1.165) is 28.1 Å². The standard InChI is InChI=1S/C27H24N2O3/c1-28(18-20-8-4-2-5-9-20)27(32)23-14-12-22(13-15-23)25-17-16-24(29(25)19-26(30)31)21-10-6-3-7-11-21/h2-17H,18-19H2,1H3,(H,30,31). The lowest BCUT2D eigenvalue weighted by atomic mass is 10.1. The molecule has 0 aliphatic carbocycles. The molecule has 0 radical (unpaired) electrons. The second kappa shape index (κ2) is 9.35. The van der Waals surface area contributed by atoms with E-state index in [1.54, 1.807) is 28.6 Å². The first kappa shape index (κ1) is 21.1. The van der Waals surface area contributed by atoms with Crippen LogP contribution in [0.3, 0.4) is 0 Å². The summed E-state index contributed by atoms with van der Waals surface area (Å²) < 4.78 is 1.79. The first-order valence-corrected chi connectivity index (χ1v) is 10.4. The highest BCUT2D eigenvalue weighted by molar-refractivity contribution is 5.94. The predicted molar refractivity (Wildman–Crippen MR) is 125 cm³/mol. The van der Waals surface area contributed by atoms with Gasteiger partial charge in [-0.2, -0.15) is 0 Å². The van der Waals surface area contributed by atoms with E-state index in [4.69, 9.17) is 0 Å². The fourth-order valence-corrected chi connectivity index (χ4v) is 3.82. The fourth-order valence-electron chi connectivity index (χ4n) is 3.82. The van der Waals surface area contributed by atoms with Crippen LogP contribution < -0.4 is 0 Å². The molecule has 3 aromatic carbocycles. The maximum absolute atomic E-state index is 12.8. The van der Waals surface area contributed by atoms with Crippen molar-refractivity contribution in [2.75, 3.05) is 7.05 Å². The van der Waals surface area contributed by atoms with Crippen LogP contribution in [0.2, 0.25) is 0 Å². The highest BCUT2D eigenvalue weighted by atomic mass is 16.4. The Bertz CT molecular complexity index is 1210. The second-order valence-electron chi connectivity index (χ2n) is 7.67. The molecule has 4 aromatic rings. The van der Waals surface area contributed by atoms with Crippen LogP contribution in [0.25, 0.3) is 22.5 Å². The Morgan fingerprint density at radius 3 is 1.84 bits per heavy atom. The number of amides is 1. The van der Waals surface area contributed by atoms with Crippen molar-refractivity contribution in [3.8, 4) is 22.5 Å². The van der Waals surface area contributed by atoms with Crippen molar-refractivity contribution in [2.24, 2.45) is 0 Å². The molecule has 0 saturated carbocycles. The SMILES string of the molecule is CN(Cc1ccccc1)C(=O)c1ccc(-c2ccc(-c3ccccc3)n2CC(=O)O)cc1. The lowest BCUT2D eigenvalue weighted by molar-refractivity contribution is -0.137. The number of nitrogens with zero attached hydrogens (tertiary/aromatic N) is 2. The molecule has 0 spiro atoms. The number of carboxylic acids is 1. The fraction of sp³-hybridized carbons (Fsp3) is 0.111. The third-order valence-corrected chi connectivity index (χ3v) is 5.38. The van der Waals surface area contributed by atoms with Gasteiger partial charge in [-0.3, -0.25) is 9.59 Å². The van der Waals surface area contributed by atoms with E-state index < -0.39 is 5.97 Å². The van der Waals surface area contributed by atoms with Crippen molar-refractivity contribution in [1.82, 2.24) is 9.47 Å². The second-order valence-corrected chi connectivity index (χ2v) is 7.67. The smallest absolute Gasteiger partial charge is 0.323 e. The Labute approximate surface area is 187 Å². The van der Waals surface area contributed by atoms with Gasteiger partial charge in [0.25, 0.3) is 5.91 Å². The zero-order chi connectivity index (χ0) is 22.5. The molecule has 0 atom stereocenters. The number of carbonyl (C=O) groups is 2. The van der Waals surface area contributed by atoms with Crippen LogP contribution in [-0.4, -0.2) is 33.5 Å². The molecule has 0 aliphatic rings. The van der Waals surface area contributed by atoms with Crippen LogP contribution in [0.15, 0.2) is 97.1 Å². The summed E-state index contributed by atoms with van der Waals surface area (Å²) in [6.07, 6.45) is 0. The molecule has 0 unspecified atom stereocenters. The predicted octanol–water partition coefficient (Wildman–Crippen LogP) is 5.18. The van der Waals surface area contributed by atoms with Gasteiger partial charge in [-0.1, -0.05) is 72.8 Å². The quantitative estimate of drug-likeness (QED) is 0.445. The molecule has 0 fully saturated rings. The molecule has 0 bridgehead atoms. The van der Waals surface area contributed by atoms with Crippen molar-refractivity contribution in [2.45, 2.75) is 13.1 Å². The summed E-state index contributed by atoms with van der Waals surface area (Å²) in [5.41, 5.74) is 5.10. The summed E-state index contributed by atoms with van der Waals surface area (Å²) in [5, 5.41) is 9.46. The van der Waals surface area contributed by atoms with Gasteiger partial charge in [-0.25, -0.2) is 0 Å². The van der Waals surface area contributed by atoms with Gasteiger partial charge in [0.15, 0.2) is 0 Å². The highest BCUT2D eigenvalue weighted by Gasteiger charge is 2.16. The van der Waals surface area contributed by atoms with Crippen LogP contribution >= 0.6 is 0 Å². The lowest BCUT2D eigenvalue weighted by Gasteiger charge is -2.18. The molecule has 1 N–H and O–H groups in total. The van der Waals surface area contributed by atoms with Gasteiger partial charge in [0.05, 0.1) is 0 Å². The number of benzene rings is 3. The van der Waals surface area contributed by atoms with E-state index in [9.17, 15) is 14.7 Å². The van der Waals surface area contributed by atoms with Crippen molar-refractivity contribution in [3.05, 3.63) is 108 Å². The molecule has 32 heavy (non-hydrogen) atoms. The first-order chi connectivity index (χ1) is 15.5. The minimum Gasteiger partial charge on any atom is -0.480 e. The van der Waals surface area contributed by atoms with Crippen LogP contribution in [-0.2, 0) is 17.9 Å². The highest BCUT2D eigenvalue weighted by Crippen LogP contribution is 2.29. The number of aliphatic carboxylic acids is 1. The zero-order valence-corrected chi connectivity index (χ0v) is 17.8. The van der Waals surface area contributed by atoms with Crippen molar-refractivity contribution in [3.63, 3.8) is 0 Å². The Morgan fingerprint density at radius 2 is 1.28 bits per heavy atom. The molecule has 160 valence electrons. The van der Waals surface area contributed by atoms with E-state index in [2.05, 4.69) is 0 Å². The van der Waals surface area contributed by atoms with Gasteiger partial charge in [-0.15, -0.1) is 0 Å². The van der Waals surface area contributed by atoms with Gasteiger partial charge in [-0.05, 0) is 41.0 Å². The molecule has 1 amide bonds. The van der Waals surface area contributed by atoms with Crippen molar-refractivity contribution in [1.29, 1.82) is 0 Å². The van der Waals surface area contributed by atoms with Crippen molar-refractivity contribution < 1.29 is 14.7 Å². The van der Waals surface area contributed by atoms with E-state index in [0.29, 0.717) is 12.1 Å². The molecule has 5 heteroatoms. The lowest BCUT2D eigenvalue weighted by Crippen LogP contribution is -2.26. The molecule has 0 aliphatic heterocycles. The number of aromatic nitrogens is 1. The Kier molecular flexibility index (Phi) is 6.17. The molecular formula is C27H24N2O3. The summed E-state index contributed by atoms with van der Waals surface area (Å²) in [6.45, 7) is 0.385. The van der Waals surface area contributed by atoms with Crippen LogP contribution in [0.5, 0.6) is 0 Å². The number of hydrogen-bond donors (Lipinski definition) is 1. The van der Waals surface area contributed by atoms with E-state index in [1.807, 2.05) is 84.9 Å². The molecular weight excluding hydrogens is 400 g/mol. The third-order valence-electron chi connectivity index (χ3n) is 5.38. The first-order valence-electron chi connectivity index (χ1n) is 10.4. The molecule has 5 nitrogen and oxygen atoms in total. The Morgan fingerprint density at radius 1 is 0.750 bits per heavy atom. The largest absolute Gasteiger partial charge is 0.480 e. The van der Waals surface area contributed by atoms with E-state index in [1.165, 1.54) is 0 Å². The minimum atomic E-state index is -0.908. The number of hydrogen-bond acceptors (Lipinski definition) is 2. The number of carbonyl (C=O) groups excluding carboxylic acids is 1. The molecule has 1 aromatic heterocycles. The minimum absolute atomic E-state index is 0.0636. The monoisotopic (exact) mass is 424 g/mol. The van der Waals surface area contributed by atoms with Gasteiger partial charge < -0.3 is 14.6 Å². The molecule has 4 rings (SSSR count). The van der Waals surface area contributed by atoms with Gasteiger partial charge in [0.2, 0.25) is 0 Å². The van der Waals surface area contributed by atoms with Crippen molar-refractivity contribution >= 4 is 11.9 Å². The van der Waals surface area contributed by atoms with Crippen LogP contribution in [0.1, 0.15) is 15.9 Å². The summed E-state index contributed by atoms with van der Waals surface area (Å²) >= 11 is 0. The molecule has 0 saturated heterocycles. The van der Waals surface area contributed by atoms with Crippen LogP contribution in [0, 0.1) is 0 Å². The average Bonchev–Trinajstić information content (AvgIpc) is 3.22. The van der Waals surface area contributed by atoms with Gasteiger partial charge in [0, 0.05) is 30.5 Å². The number of carboxylic acid groups (broad SMARTS) is 1. The summed E-state index contributed by atoms with van der Waals surface area (Å²) in [4.78, 5) is 26.1. The van der Waals surface area contributed by atoms with Gasteiger partial charge >= 0.3 is 5.97 Å². The number of rotatable bonds is 7. The third kappa shape index (κ3) is 4.62. The summed E-state index contributed by atoms with van der Waals surface area (Å²) in [7, 11) is 1.79. The van der Waals surface area contributed by atoms with Crippen LogP contribution in [0.4, 0.5) is 0 Å². The Balaban J connectivity index is 1.59. The molecule has 1 heterocycles. The van der Waals surface area contributed by atoms with Gasteiger partial charge in [0.1, 0.15) is 6.54 Å². The summed E-state index contributed by atoms with van der Waals surface area (Å²) in [6, 6.07) is 30.7.